The molecule has 298 valence electrons. The molecule has 5 heterocycles. The largest absolute Gasteiger partial charge is 0.455 e. The lowest BCUT2D eigenvalue weighted by atomic mass is 10.1. The maximum absolute atomic E-state index is 6.61. The molecule has 0 atom stereocenters. The van der Waals surface area contributed by atoms with Crippen molar-refractivity contribution >= 4 is 87.4 Å². The molecule has 0 spiro atoms. The average Bonchev–Trinajstić information content (AvgIpc) is 4.11. The van der Waals surface area contributed by atoms with Gasteiger partial charge in [0.15, 0.2) is 11.6 Å². The maximum atomic E-state index is 6.61. The number of fused-ring (bicyclic) bond motifs is 13. The first-order valence-corrected chi connectivity index (χ1v) is 21.5. The smallest absolute Gasteiger partial charge is 0.238 e. The molecule has 0 N–H and O–H groups in total. The summed E-state index contributed by atoms with van der Waals surface area (Å²) in [7, 11) is 0. The molecule has 0 unspecified atom stereocenters. The molecule has 0 aliphatic carbocycles. The zero-order valence-corrected chi connectivity index (χ0v) is 34.2. The van der Waals surface area contributed by atoms with E-state index in [1.165, 1.54) is 16.2 Å². The van der Waals surface area contributed by atoms with E-state index in [0.717, 1.165) is 93.7 Å². The van der Waals surface area contributed by atoms with Crippen molar-refractivity contribution in [2.24, 2.45) is 0 Å². The van der Waals surface area contributed by atoms with E-state index in [1.807, 2.05) is 42.5 Å². The zero-order chi connectivity index (χ0) is 41.9. The van der Waals surface area contributed by atoms with Gasteiger partial charge >= 0.3 is 0 Å². The normalized spacial score (nSPS) is 12.1. The van der Waals surface area contributed by atoms with Gasteiger partial charge in [-0.05, 0) is 60.7 Å². The fourth-order valence-corrected chi connectivity index (χ4v) is 10.2. The first-order valence-electron chi connectivity index (χ1n) is 21.5. The Labute approximate surface area is 365 Å². The Morgan fingerprint density at radius 3 is 1.61 bits per heavy atom. The van der Waals surface area contributed by atoms with E-state index in [9.17, 15) is 0 Å². The van der Waals surface area contributed by atoms with Crippen LogP contribution in [0.4, 0.5) is 0 Å². The molecule has 0 saturated carbocycles. The third-order valence-electron chi connectivity index (χ3n) is 12.9. The summed E-state index contributed by atoms with van der Waals surface area (Å²) in [5.41, 5.74) is 11.9. The van der Waals surface area contributed by atoms with Gasteiger partial charge in [0, 0.05) is 60.0 Å². The summed E-state index contributed by atoms with van der Waals surface area (Å²) in [6.07, 6.45) is 0. The topological polar surface area (TPSA) is 66.6 Å². The van der Waals surface area contributed by atoms with Crippen molar-refractivity contribution in [2.75, 3.05) is 0 Å². The van der Waals surface area contributed by atoms with Crippen LogP contribution in [-0.4, -0.2) is 28.7 Å². The van der Waals surface area contributed by atoms with E-state index >= 15 is 0 Å². The zero-order valence-electron chi connectivity index (χ0n) is 34.2. The van der Waals surface area contributed by atoms with Gasteiger partial charge in [-0.15, -0.1) is 0 Å². The first kappa shape index (κ1) is 34.9. The highest BCUT2D eigenvalue weighted by molar-refractivity contribution is 6.24. The molecule has 0 fully saturated rings. The van der Waals surface area contributed by atoms with Gasteiger partial charge < -0.3 is 13.6 Å². The molecule has 7 nitrogen and oxygen atoms in total. The number of furan rings is 1. The molecular formula is C57H34N6O. The molecule has 0 radical (unpaired) electrons. The summed E-state index contributed by atoms with van der Waals surface area (Å²) >= 11 is 0. The van der Waals surface area contributed by atoms with Gasteiger partial charge in [-0.1, -0.05) is 146 Å². The highest BCUT2D eigenvalue weighted by Gasteiger charge is 2.25. The predicted octanol–water partition coefficient (Wildman–Crippen LogP) is 14.4. The summed E-state index contributed by atoms with van der Waals surface area (Å²) in [4.78, 5) is 16.1. The Morgan fingerprint density at radius 2 is 0.875 bits per heavy atom. The van der Waals surface area contributed by atoms with E-state index in [1.54, 1.807) is 0 Å². The Kier molecular flexibility index (Phi) is 7.27. The van der Waals surface area contributed by atoms with E-state index in [-0.39, 0.29) is 0 Å². The van der Waals surface area contributed by atoms with Crippen molar-refractivity contribution in [1.29, 1.82) is 0 Å². The van der Waals surface area contributed by atoms with Crippen LogP contribution < -0.4 is 0 Å². The van der Waals surface area contributed by atoms with Crippen LogP contribution in [0.2, 0.25) is 0 Å². The van der Waals surface area contributed by atoms with Crippen LogP contribution >= 0.6 is 0 Å². The van der Waals surface area contributed by atoms with Crippen molar-refractivity contribution in [3.63, 3.8) is 0 Å². The highest BCUT2D eigenvalue weighted by atomic mass is 16.3. The monoisotopic (exact) mass is 818 g/mol. The second-order valence-corrected chi connectivity index (χ2v) is 16.4. The summed E-state index contributed by atoms with van der Waals surface area (Å²) in [6, 6.07) is 72.6. The van der Waals surface area contributed by atoms with Gasteiger partial charge in [-0.2, -0.15) is 9.97 Å². The number of hydrogen-bond donors (Lipinski definition) is 0. The summed E-state index contributed by atoms with van der Waals surface area (Å²) in [5.74, 6) is 1.61. The number of para-hydroxylation sites is 6. The maximum Gasteiger partial charge on any atom is 0.238 e. The molecule has 0 bridgehead atoms. The van der Waals surface area contributed by atoms with E-state index in [4.69, 9.17) is 19.4 Å². The minimum absolute atomic E-state index is 0.513. The van der Waals surface area contributed by atoms with Gasteiger partial charge in [0.2, 0.25) is 5.95 Å². The molecule has 7 heteroatoms. The van der Waals surface area contributed by atoms with E-state index < -0.39 is 0 Å². The summed E-state index contributed by atoms with van der Waals surface area (Å²) in [6.45, 7) is 0. The number of benzene rings is 9. The van der Waals surface area contributed by atoms with Crippen LogP contribution in [0.3, 0.4) is 0 Å². The van der Waals surface area contributed by atoms with Crippen LogP contribution in [0.5, 0.6) is 0 Å². The summed E-state index contributed by atoms with van der Waals surface area (Å²) in [5, 5.41) is 9.00. The number of aromatic nitrogens is 6. The van der Waals surface area contributed by atoms with Crippen molar-refractivity contribution in [2.45, 2.75) is 0 Å². The Morgan fingerprint density at radius 1 is 0.328 bits per heavy atom. The lowest BCUT2D eigenvalue weighted by molar-refractivity contribution is 0.669. The van der Waals surface area contributed by atoms with Gasteiger partial charge in [-0.3, -0.25) is 4.57 Å². The predicted molar refractivity (Wildman–Crippen MR) is 261 cm³/mol. The first-order chi connectivity index (χ1) is 31.8. The van der Waals surface area contributed by atoms with Gasteiger partial charge in [-0.25, -0.2) is 4.98 Å². The van der Waals surface area contributed by atoms with Crippen molar-refractivity contribution in [3.8, 4) is 40.1 Å². The number of rotatable bonds is 5. The van der Waals surface area contributed by atoms with Gasteiger partial charge in [0.05, 0.1) is 38.7 Å². The van der Waals surface area contributed by atoms with Crippen LogP contribution in [0.25, 0.3) is 127 Å². The lowest BCUT2D eigenvalue weighted by Gasteiger charge is -2.13. The minimum Gasteiger partial charge on any atom is -0.455 e. The molecular weight excluding hydrogens is 785 g/mol. The quantitative estimate of drug-likeness (QED) is 0.173. The van der Waals surface area contributed by atoms with E-state index in [2.05, 4.69) is 177 Å². The fourth-order valence-electron chi connectivity index (χ4n) is 10.2. The standard InChI is InChI=1S/C57H34N6O/c1-3-16-35(17-4-1)55-58-56(45-25-15-24-44-41-23-10-14-29-51(41)64-54(44)45)60-57(59-55)63-50-33-30-37(61-47-26-11-7-20-38(47)39-21-8-12-27-48(39)61)34-46(50)43-32-31-42-40-22-9-13-28-49(40)62(52(42)53(43)63)36-18-5-2-6-19-36/h1-34H. The van der Waals surface area contributed by atoms with Crippen molar-refractivity contribution < 1.29 is 4.42 Å². The molecule has 0 saturated heterocycles. The highest BCUT2D eigenvalue weighted by Crippen LogP contribution is 2.43. The van der Waals surface area contributed by atoms with Crippen molar-refractivity contribution in [3.05, 3.63) is 206 Å². The molecule has 14 aromatic rings. The van der Waals surface area contributed by atoms with Crippen LogP contribution in [0.15, 0.2) is 211 Å². The van der Waals surface area contributed by atoms with Crippen molar-refractivity contribution in [1.82, 2.24) is 28.7 Å². The molecule has 14 rings (SSSR count). The molecule has 0 aliphatic rings. The lowest BCUT2D eigenvalue weighted by Crippen LogP contribution is -2.07. The van der Waals surface area contributed by atoms with E-state index in [0.29, 0.717) is 17.6 Å². The minimum atomic E-state index is 0.513. The van der Waals surface area contributed by atoms with Gasteiger partial charge in [0.25, 0.3) is 0 Å². The Balaban J connectivity index is 1.14. The Bertz CT molecular complexity index is 4140. The molecule has 0 amide bonds. The number of hydrogen-bond acceptors (Lipinski definition) is 4. The SMILES string of the molecule is c1ccc(-c2nc(-c3cccc4c3oc3ccccc34)nc(-n3c4ccc(-n5c6ccccc6c6ccccc65)cc4c4ccc5c6ccccc6n(-c6ccccc6)c5c43)n2)cc1. The molecule has 0 aliphatic heterocycles. The average molecular weight is 819 g/mol. The fraction of sp³-hybridized carbons (Fsp3) is 0. The molecule has 9 aromatic carbocycles. The van der Waals surface area contributed by atoms with Crippen LogP contribution in [0.1, 0.15) is 0 Å². The molecule has 64 heavy (non-hydrogen) atoms. The third kappa shape index (κ3) is 4.94. The van der Waals surface area contributed by atoms with Crippen LogP contribution in [0, 0.1) is 0 Å². The Hall–Kier alpha value is -8.81. The number of nitrogens with zero attached hydrogens (tertiary/aromatic N) is 6. The summed E-state index contributed by atoms with van der Waals surface area (Å²) < 4.78 is 13.6. The molecule has 5 aromatic heterocycles. The second kappa shape index (κ2) is 13.3. The third-order valence-corrected chi connectivity index (χ3v) is 12.9. The second-order valence-electron chi connectivity index (χ2n) is 16.4. The van der Waals surface area contributed by atoms with Crippen LogP contribution in [-0.2, 0) is 0 Å². The van der Waals surface area contributed by atoms with Gasteiger partial charge in [0.1, 0.15) is 11.2 Å².